The maximum absolute atomic E-state index is 12.2. The quantitative estimate of drug-likeness (QED) is 0.628. The summed E-state index contributed by atoms with van der Waals surface area (Å²) >= 11 is 5.56. The van der Waals surface area contributed by atoms with Gasteiger partial charge in [0.25, 0.3) is 0 Å². The van der Waals surface area contributed by atoms with Crippen LogP contribution in [0.15, 0.2) is 17.3 Å². The highest BCUT2D eigenvalue weighted by atomic mass is 35.5. The predicted molar refractivity (Wildman–Crippen MR) is 77.1 cm³/mol. The first kappa shape index (κ1) is 17.4. The molecule has 1 aromatic heterocycles. The van der Waals surface area contributed by atoms with Gasteiger partial charge in [0.05, 0.1) is 11.9 Å². The Balaban J connectivity index is 2.79. The summed E-state index contributed by atoms with van der Waals surface area (Å²) in [5.41, 5.74) is 0. The van der Waals surface area contributed by atoms with E-state index in [0.717, 1.165) is 10.6 Å². The molecule has 10 heteroatoms. The lowest BCUT2D eigenvalue weighted by Gasteiger charge is -2.15. The average Bonchev–Trinajstić information content (AvgIpc) is 2.81. The molecule has 116 valence electrons. The van der Waals surface area contributed by atoms with Crippen LogP contribution < -0.4 is 0 Å². The minimum Gasteiger partial charge on any atom is -0.271 e. The number of rotatable bonds is 8. The van der Waals surface area contributed by atoms with Crippen molar-refractivity contribution in [1.82, 2.24) is 14.1 Å². The third-order valence-electron chi connectivity index (χ3n) is 2.62. The Bertz CT molecular complexity index is 639. The summed E-state index contributed by atoms with van der Waals surface area (Å²) in [6.07, 6.45) is 4.42. The second-order valence-corrected chi connectivity index (χ2v) is 9.12. The molecule has 0 spiro atoms. The lowest BCUT2D eigenvalue weighted by atomic mass is 10.5. The van der Waals surface area contributed by atoms with E-state index in [-0.39, 0.29) is 17.2 Å². The molecular formula is C10H18ClN3O4S2. The van der Waals surface area contributed by atoms with Gasteiger partial charge in [-0.15, -0.1) is 11.6 Å². The highest BCUT2D eigenvalue weighted by Gasteiger charge is 2.23. The van der Waals surface area contributed by atoms with Crippen LogP contribution in [0.25, 0.3) is 0 Å². The van der Waals surface area contributed by atoms with Crippen molar-refractivity contribution in [3.05, 3.63) is 12.4 Å². The number of sulfonamides is 1. The van der Waals surface area contributed by atoms with E-state index in [2.05, 4.69) is 5.10 Å². The van der Waals surface area contributed by atoms with Crippen molar-refractivity contribution >= 4 is 31.5 Å². The van der Waals surface area contributed by atoms with Gasteiger partial charge < -0.3 is 0 Å². The maximum atomic E-state index is 12.2. The topological polar surface area (TPSA) is 89.3 Å². The van der Waals surface area contributed by atoms with E-state index < -0.39 is 19.9 Å². The average molecular weight is 344 g/mol. The van der Waals surface area contributed by atoms with Crippen molar-refractivity contribution in [1.29, 1.82) is 0 Å². The number of aromatic nitrogens is 2. The van der Waals surface area contributed by atoms with E-state index in [9.17, 15) is 16.8 Å². The molecule has 0 aliphatic carbocycles. The predicted octanol–water partition coefficient (Wildman–Crippen LogP) is 0.177. The second-order valence-electron chi connectivity index (χ2n) is 4.44. The Hall–Kier alpha value is -0.640. The van der Waals surface area contributed by atoms with Gasteiger partial charge in [-0.25, -0.2) is 16.8 Å². The monoisotopic (exact) mass is 343 g/mol. The molecule has 1 rings (SSSR count). The van der Waals surface area contributed by atoms with Gasteiger partial charge in [0.15, 0.2) is 0 Å². The molecule has 0 aliphatic rings. The molecule has 0 fully saturated rings. The Morgan fingerprint density at radius 3 is 2.55 bits per heavy atom. The molecule has 0 N–H and O–H groups in total. The maximum Gasteiger partial charge on any atom is 0.245 e. The molecule has 7 nitrogen and oxygen atoms in total. The molecule has 0 aromatic carbocycles. The van der Waals surface area contributed by atoms with Crippen molar-refractivity contribution in [2.75, 3.05) is 31.5 Å². The lowest BCUT2D eigenvalue weighted by molar-refractivity contribution is 0.484. The first-order valence-electron chi connectivity index (χ1n) is 5.89. The largest absolute Gasteiger partial charge is 0.271 e. The second kappa shape index (κ2) is 6.88. The number of hydrogen-bond acceptors (Lipinski definition) is 5. The fourth-order valence-electron chi connectivity index (χ4n) is 1.42. The molecule has 0 saturated heterocycles. The molecule has 0 unspecified atom stereocenters. The van der Waals surface area contributed by atoms with Crippen LogP contribution >= 0.6 is 11.6 Å². The Labute approximate surface area is 124 Å². The zero-order valence-corrected chi connectivity index (χ0v) is 13.7. The van der Waals surface area contributed by atoms with Crippen LogP contribution in [0.2, 0.25) is 0 Å². The van der Waals surface area contributed by atoms with Crippen LogP contribution in [0, 0.1) is 0 Å². The number of alkyl halides is 1. The third-order valence-corrected chi connectivity index (χ3v) is 5.62. The normalized spacial score (nSPS) is 13.0. The number of nitrogens with zero attached hydrogens (tertiary/aromatic N) is 3. The highest BCUT2D eigenvalue weighted by molar-refractivity contribution is 7.91. The number of aryl methyl sites for hydroxylation is 1. The summed E-state index contributed by atoms with van der Waals surface area (Å²) in [4.78, 5) is 0.0445. The highest BCUT2D eigenvalue weighted by Crippen LogP contribution is 2.13. The minimum atomic E-state index is -3.71. The van der Waals surface area contributed by atoms with E-state index in [1.807, 2.05) is 0 Å². The molecule has 0 amide bonds. The Morgan fingerprint density at radius 1 is 1.35 bits per heavy atom. The van der Waals surface area contributed by atoms with Crippen molar-refractivity contribution in [2.45, 2.75) is 17.9 Å². The third kappa shape index (κ3) is 5.04. The van der Waals surface area contributed by atoms with Crippen molar-refractivity contribution < 1.29 is 16.8 Å². The van der Waals surface area contributed by atoms with Gasteiger partial charge in [-0.2, -0.15) is 9.40 Å². The molecule has 0 radical (unpaired) electrons. The van der Waals surface area contributed by atoms with Gasteiger partial charge in [-0.1, -0.05) is 0 Å². The summed E-state index contributed by atoms with van der Waals surface area (Å²) in [5.74, 6) is 0.249. The fourth-order valence-corrected chi connectivity index (χ4v) is 3.38. The van der Waals surface area contributed by atoms with Crippen LogP contribution in [0.3, 0.4) is 0 Å². The van der Waals surface area contributed by atoms with E-state index in [1.54, 1.807) is 0 Å². The van der Waals surface area contributed by atoms with Crippen LogP contribution in [0.1, 0.15) is 6.42 Å². The molecule has 0 aliphatic heterocycles. The Morgan fingerprint density at radius 2 is 2.00 bits per heavy atom. The smallest absolute Gasteiger partial charge is 0.245 e. The van der Waals surface area contributed by atoms with Gasteiger partial charge >= 0.3 is 0 Å². The molecular weight excluding hydrogens is 326 g/mol. The molecule has 1 aromatic rings. The van der Waals surface area contributed by atoms with Crippen LogP contribution in [-0.2, 0) is 26.4 Å². The first-order valence-corrected chi connectivity index (χ1v) is 9.93. The van der Waals surface area contributed by atoms with Crippen LogP contribution in [0.4, 0.5) is 0 Å². The summed E-state index contributed by atoms with van der Waals surface area (Å²) in [6, 6.07) is 0. The number of sulfone groups is 1. The van der Waals surface area contributed by atoms with Gasteiger partial charge in [0.1, 0.15) is 14.7 Å². The van der Waals surface area contributed by atoms with Gasteiger partial charge in [-0.05, 0) is 6.42 Å². The molecule has 1 heterocycles. The summed E-state index contributed by atoms with van der Waals surface area (Å²) in [6.45, 7) is 0.445. The van der Waals surface area contributed by atoms with Gasteiger partial charge in [0, 0.05) is 38.5 Å². The molecule has 0 saturated carbocycles. The number of halogens is 1. The zero-order chi connectivity index (χ0) is 15.4. The standard InChI is InChI=1S/C10H18ClN3O4S2/c1-13(6-7-19(2,15)16)20(17,18)10-8-12-14(9-10)5-3-4-11/h8-9H,3-7H2,1-2H3. The van der Waals surface area contributed by atoms with E-state index in [1.165, 1.54) is 24.1 Å². The molecule has 0 atom stereocenters. The van der Waals surface area contributed by atoms with Gasteiger partial charge in [0.2, 0.25) is 10.0 Å². The fraction of sp³-hybridized carbons (Fsp3) is 0.700. The zero-order valence-electron chi connectivity index (χ0n) is 11.4. The van der Waals surface area contributed by atoms with E-state index >= 15 is 0 Å². The molecule has 0 bridgehead atoms. The summed E-state index contributed by atoms with van der Waals surface area (Å²) in [5, 5.41) is 3.95. The minimum absolute atomic E-state index is 0.0445. The number of hydrogen-bond donors (Lipinski definition) is 0. The van der Waals surface area contributed by atoms with Crippen LogP contribution in [0.5, 0.6) is 0 Å². The lowest BCUT2D eigenvalue weighted by Crippen LogP contribution is -2.31. The van der Waals surface area contributed by atoms with Gasteiger partial charge in [-0.3, -0.25) is 4.68 Å². The summed E-state index contributed by atoms with van der Waals surface area (Å²) in [7, 11) is -5.58. The van der Waals surface area contributed by atoms with Crippen molar-refractivity contribution in [3.63, 3.8) is 0 Å². The Kier molecular flexibility index (Phi) is 5.99. The first-order chi connectivity index (χ1) is 9.16. The molecule has 20 heavy (non-hydrogen) atoms. The van der Waals surface area contributed by atoms with Crippen LogP contribution in [-0.4, -0.2) is 62.4 Å². The van der Waals surface area contributed by atoms with Crippen molar-refractivity contribution in [2.24, 2.45) is 0 Å². The van der Waals surface area contributed by atoms with E-state index in [0.29, 0.717) is 18.8 Å². The SMILES string of the molecule is CN(CCS(C)(=O)=O)S(=O)(=O)c1cnn(CCCCl)c1. The summed E-state index contributed by atoms with van der Waals surface area (Å²) < 4.78 is 49.0. The van der Waals surface area contributed by atoms with Crippen molar-refractivity contribution in [3.8, 4) is 0 Å². The van der Waals surface area contributed by atoms with E-state index in [4.69, 9.17) is 11.6 Å².